The highest BCUT2D eigenvalue weighted by atomic mass is 32.1. The highest BCUT2D eigenvalue weighted by Gasteiger charge is 2.26. The summed E-state index contributed by atoms with van der Waals surface area (Å²) in [6.45, 7) is 6.00. The smallest absolute Gasteiger partial charge is 0.340 e. The third kappa shape index (κ3) is 5.17. The minimum Gasteiger partial charge on any atom is -0.452 e. The lowest BCUT2D eigenvalue weighted by Gasteiger charge is -2.34. The molecular weight excluding hydrogens is 438 g/mol. The van der Waals surface area contributed by atoms with Crippen molar-refractivity contribution in [1.29, 1.82) is 0 Å². The number of piperazine rings is 1. The van der Waals surface area contributed by atoms with Crippen molar-refractivity contribution >= 4 is 29.1 Å². The Kier molecular flexibility index (Phi) is 6.93. The monoisotopic (exact) mass is 465 g/mol. The highest BCUT2D eigenvalue weighted by Crippen LogP contribution is 2.19. The van der Waals surface area contributed by atoms with E-state index in [1.54, 1.807) is 21.9 Å². The maximum absolute atomic E-state index is 12.7. The highest BCUT2D eigenvalue weighted by molar-refractivity contribution is 7.12. The van der Waals surface area contributed by atoms with Gasteiger partial charge in [-0.2, -0.15) is 0 Å². The molecule has 1 aromatic carbocycles. The number of ether oxygens (including phenoxy) is 1. The molecular formula is C25H27N3O4S. The minimum atomic E-state index is -0.498. The summed E-state index contributed by atoms with van der Waals surface area (Å²) < 4.78 is 7.42. The van der Waals surface area contributed by atoms with E-state index >= 15 is 0 Å². The van der Waals surface area contributed by atoms with E-state index in [1.807, 2.05) is 55.6 Å². The fourth-order valence-electron chi connectivity index (χ4n) is 4.03. The van der Waals surface area contributed by atoms with Gasteiger partial charge in [0, 0.05) is 44.1 Å². The van der Waals surface area contributed by atoms with Crippen LogP contribution in [0, 0.1) is 13.8 Å². The molecule has 1 aliphatic heterocycles. The van der Waals surface area contributed by atoms with Gasteiger partial charge < -0.3 is 19.1 Å². The summed E-state index contributed by atoms with van der Waals surface area (Å²) in [7, 11) is 0. The van der Waals surface area contributed by atoms with Crippen molar-refractivity contribution in [3.05, 3.63) is 81.3 Å². The third-order valence-corrected chi connectivity index (χ3v) is 6.81. The molecule has 1 aliphatic rings. The van der Waals surface area contributed by atoms with Crippen LogP contribution in [-0.2, 0) is 16.1 Å². The molecule has 1 fully saturated rings. The fourth-order valence-corrected chi connectivity index (χ4v) is 4.72. The summed E-state index contributed by atoms with van der Waals surface area (Å²) in [5.74, 6) is -0.749. The molecule has 3 aromatic rings. The first-order valence-electron chi connectivity index (χ1n) is 10.9. The van der Waals surface area contributed by atoms with Crippen LogP contribution in [0.25, 0.3) is 0 Å². The molecule has 2 amide bonds. The average Bonchev–Trinajstić information content (AvgIpc) is 3.47. The van der Waals surface area contributed by atoms with Crippen LogP contribution in [0.4, 0.5) is 0 Å². The molecule has 1 saturated heterocycles. The predicted octanol–water partition coefficient (Wildman–Crippen LogP) is 3.36. The molecule has 7 nitrogen and oxygen atoms in total. The number of carbonyl (C=O) groups excluding carboxylic acids is 3. The van der Waals surface area contributed by atoms with Crippen LogP contribution < -0.4 is 0 Å². The topological polar surface area (TPSA) is 71.9 Å². The van der Waals surface area contributed by atoms with Gasteiger partial charge in [-0.15, -0.1) is 11.3 Å². The number of amides is 2. The molecule has 0 unspecified atom stereocenters. The molecule has 0 bridgehead atoms. The Hall–Kier alpha value is -3.39. The van der Waals surface area contributed by atoms with Gasteiger partial charge in [0.05, 0.1) is 10.4 Å². The van der Waals surface area contributed by atoms with Crippen molar-refractivity contribution in [2.24, 2.45) is 0 Å². The Morgan fingerprint density at radius 2 is 1.64 bits per heavy atom. The first-order valence-corrected chi connectivity index (χ1v) is 11.8. The first kappa shape index (κ1) is 22.8. The van der Waals surface area contributed by atoms with Crippen LogP contribution in [0.5, 0.6) is 0 Å². The van der Waals surface area contributed by atoms with Crippen LogP contribution in [0.2, 0.25) is 0 Å². The summed E-state index contributed by atoms with van der Waals surface area (Å²) in [6, 6.07) is 15.5. The van der Waals surface area contributed by atoms with Gasteiger partial charge in [-0.05, 0) is 36.9 Å². The van der Waals surface area contributed by atoms with Crippen LogP contribution in [0.15, 0.2) is 53.9 Å². The Morgan fingerprint density at radius 3 is 2.30 bits per heavy atom. The van der Waals surface area contributed by atoms with Crippen molar-refractivity contribution in [2.75, 3.05) is 32.8 Å². The molecule has 33 heavy (non-hydrogen) atoms. The molecule has 0 aliphatic carbocycles. The van der Waals surface area contributed by atoms with E-state index in [1.165, 1.54) is 11.3 Å². The fraction of sp³-hybridized carbons (Fsp3) is 0.320. The van der Waals surface area contributed by atoms with E-state index in [0.29, 0.717) is 43.2 Å². The number of esters is 1. The number of carbonyl (C=O) groups is 3. The molecule has 4 rings (SSSR count). The van der Waals surface area contributed by atoms with Crippen LogP contribution in [0.3, 0.4) is 0 Å². The lowest BCUT2D eigenvalue weighted by Crippen LogP contribution is -2.51. The van der Waals surface area contributed by atoms with Gasteiger partial charge in [0.1, 0.15) is 0 Å². The van der Waals surface area contributed by atoms with E-state index in [2.05, 4.69) is 4.57 Å². The zero-order chi connectivity index (χ0) is 23.4. The molecule has 8 heteroatoms. The van der Waals surface area contributed by atoms with Crippen molar-refractivity contribution in [1.82, 2.24) is 14.4 Å². The van der Waals surface area contributed by atoms with Gasteiger partial charge in [-0.25, -0.2) is 4.79 Å². The van der Waals surface area contributed by atoms with Crippen molar-refractivity contribution in [3.8, 4) is 0 Å². The summed E-state index contributed by atoms with van der Waals surface area (Å²) >= 11 is 1.41. The normalized spacial score (nSPS) is 13.8. The second-order valence-electron chi connectivity index (χ2n) is 8.08. The standard InChI is InChI=1S/C25H27N3O4S/c1-18-15-21(19(2)28(18)16-20-7-4-3-5-8-20)25(31)32-17-23(29)26-10-12-27(13-11-26)24(30)22-9-6-14-33-22/h3-9,14-15H,10-13,16-17H2,1-2H3. The summed E-state index contributed by atoms with van der Waals surface area (Å²) in [4.78, 5) is 41.8. The third-order valence-electron chi connectivity index (χ3n) is 5.96. The SMILES string of the molecule is Cc1cc(C(=O)OCC(=O)N2CCN(C(=O)c3cccs3)CC2)c(C)n1Cc1ccccc1. The maximum atomic E-state index is 12.7. The van der Waals surface area contributed by atoms with Crippen LogP contribution >= 0.6 is 11.3 Å². The van der Waals surface area contributed by atoms with Gasteiger partial charge in [0.2, 0.25) is 0 Å². The second kappa shape index (κ2) is 10.0. The Bertz CT molecular complexity index is 1130. The number of benzene rings is 1. The van der Waals surface area contributed by atoms with E-state index in [0.717, 1.165) is 17.0 Å². The molecule has 2 aromatic heterocycles. The van der Waals surface area contributed by atoms with Gasteiger partial charge in [-0.3, -0.25) is 9.59 Å². The van der Waals surface area contributed by atoms with E-state index in [-0.39, 0.29) is 18.4 Å². The molecule has 0 N–H and O–H groups in total. The van der Waals surface area contributed by atoms with E-state index in [9.17, 15) is 14.4 Å². The van der Waals surface area contributed by atoms with Crippen LogP contribution in [-0.4, -0.2) is 64.9 Å². The summed E-state index contributed by atoms with van der Waals surface area (Å²) in [6.07, 6.45) is 0. The van der Waals surface area contributed by atoms with Crippen LogP contribution in [0.1, 0.15) is 37.0 Å². The first-order chi connectivity index (χ1) is 15.9. The zero-order valence-electron chi connectivity index (χ0n) is 18.8. The number of nitrogens with zero attached hydrogens (tertiary/aromatic N) is 3. The molecule has 0 spiro atoms. The quantitative estimate of drug-likeness (QED) is 0.524. The summed E-state index contributed by atoms with van der Waals surface area (Å²) in [5.41, 5.74) is 3.39. The Labute approximate surface area is 197 Å². The molecule has 3 heterocycles. The summed E-state index contributed by atoms with van der Waals surface area (Å²) in [5, 5.41) is 1.88. The maximum Gasteiger partial charge on any atom is 0.340 e. The van der Waals surface area contributed by atoms with Gasteiger partial charge >= 0.3 is 5.97 Å². The number of rotatable bonds is 6. The van der Waals surface area contributed by atoms with Crippen molar-refractivity contribution < 1.29 is 19.1 Å². The largest absolute Gasteiger partial charge is 0.452 e. The van der Waals surface area contributed by atoms with Crippen molar-refractivity contribution in [2.45, 2.75) is 20.4 Å². The zero-order valence-corrected chi connectivity index (χ0v) is 19.6. The predicted molar refractivity (Wildman–Crippen MR) is 127 cm³/mol. The lowest BCUT2D eigenvalue weighted by molar-refractivity contribution is -0.136. The van der Waals surface area contributed by atoms with Gasteiger partial charge in [0.15, 0.2) is 6.61 Å². The Morgan fingerprint density at radius 1 is 0.939 bits per heavy atom. The minimum absolute atomic E-state index is 0.00520. The molecule has 0 atom stereocenters. The number of aryl methyl sites for hydroxylation is 1. The van der Waals surface area contributed by atoms with E-state index in [4.69, 9.17) is 4.74 Å². The molecule has 0 saturated carbocycles. The Balaban J connectivity index is 1.30. The molecule has 0 radical (unpaired) electrons. The number of hydrogen-bond acceptors (Lipinski definition) is 5. The second-order valence-corrected chi connectivity index (χ2v) is 9.03. The number of hydrogen-bond donors (Lipinski definition) is 0. The average molecular weight is 466 g/mol. The van der Waals surface area contributed by atoms with Crippen molar-refractivity contribution in [3.63, 3.8) is 0 Å². The van der Waals surface area contributed by atoms with Gasteiger partial charge in [0.25, 0.3) is 11.8 Å². The van der Waals surface area contributed by atoms with Gasteiger partial charge in [-0.1, -0.05) is 36.4 Å². The number of thiophene rings is 1. The number of aromatic nitrogens is 1. The molecule has 172 valence electrons. The van der Waals surface area contributed by atoms with E-state index < -0.39 is 5.97 Å². The lowest BCUT2D eigenvalue weighted by atomic mass is 10.2.